The first-order valence-corrected chi connectivity index (χ1v) is 7.92. The number of aryl methyl sites for hydroxylation is 1. The van der Waals surface area contributed by atoms with E-state index in [9.17, 15) is 5.11 Å². The Morgan fingerprint density at radius 3 is 2.74 bits per heavy atom. The first kappa shape index (κ1) is 18.2. The fraction of sp³-hybridized carbons (Fsp3) is 0.438. The van der Waals surface area contributed by atoms with Crippen molar-refractivity contribution in [3.8, 4) is 5.69 Å². The standard InChI is InChI=1S/C16H21ClN4O.ClH/c1-11-13(8-18-6-12-7-19-9-16(12)22)10-21(20-11)15-4-2-14(17)3-5-15;/h2-5,10,12,16,18-19,22H,6-9H2,1H3;1H. The van der Waals surface area contributed by atoms with Crippen LogP contribution in [0.3, 0.4) is 0 Å². The lowest BCUT2D eigenvalue weighted by atomic mass is 10.1. The molecule has 2 unspecified atom stereocenters. The summed E-state index contributed by atoms with van der Waals surface area (Å²) in [4.78, 5) is 0. The summed E-state index contributed by atoms with van der Waals surface area (Å²) < 4.78 is 1.87. The van der Waals surface area contributed by atoms with Gasteiger partial charge in [0.2, 0.25) is 0 Å². The minimum absolute atomic E-state index is 0. The van der Waals surface area contributed by atoms with Gasteiger partial charge < -0.3 is 15.7 Å². The van der Waals surface area contributed by atoms with Crippen LogP contribution in [-0.4, -0.2) is 40.6 Å². The number of benzene rings is 1. The van der Waals surface area contributed by atoms with Gasteiger partial charge in [-0.25, -0.2) is 4.68 Å². The number of halogens is 2. The molecule has 0 saturated carbocycles. The maximum absolute atomic E-state index is 9.79. The molecule has 3 N–H and O–H groups in total. The molecule has 0 bridgehead atoms. The second-order valence-electron chi connectivity index (χ2n) is 5.78. The Labute approximate surface area is 147 Å². The molecule has 1 aromatic heterocycles. The van der Waals surface area contributed by atoms with Crippen LogP contribution in [0.1, 0.15) is 11.3 Å². The van der Waals surface area contributed by atoms with Gasteiger partial charge in [-0.3, -0.25) is 0 Å². The topological polar surface area (TPSA) is 62.1 Å². The lowest BCUT2D eigenvalue weighted by Gasteiger charge is -2.13. The Kier molecular flexibility index (Phi) is 6.44. The van der Waals surface area contributed by atoms with Crippen LogP contribution < -0.4 is 10.6 Å². The van der Waals surface area contributed by atoms with Crippen molar-refractivity contribution in [3.05, 3.63) is 46.7 Å². The highest BCUT2D eigenvalue weighted by Crippen LogP contribution is 2.15. The second kappa shape index (κ2) is 8.13. The second-order valence-corrected chi connectivity index (χ2v) is 6.21. The van der Waals surface area contributed by atoms with Crippen molar-refractivity contribution < 1.29 is 5.11 Å². The van der Waals surface area contributed by atoms with Crippen LogP contribution in [0.2, 0.25) is 5.02 Å². The van der Waals surface area contributed by atoms with Gasteiger partial charge in [-0.2, -0.15) is 5.10 Å². The third-order valence-corrected chi connectivity index (χ3v) is 4.37. The van der Waals surface area contributed by atoms with Crippen LogP contribution in [0.4, 0.5) is 0 Å². The van der Waals surface area contributed by atoms with Gasteiger partial charge in [0.15, 0.2) is 0 Å². The molecule has 0 spiro atoms. The molecule has 2 aromatic rings. The molecule has 126 valence electrons. The molecule has 0 aliphatic carbocycles. The minimum Gasteiger partial charge on any atom is -0.391 e. The van der Waals surface area contributed by atoms with E-state index in [1.807, 2.05) is 42.1 Å². The van der Waals surface area contributed by atoms with E-state index in [0.717, 1.165) is 41.6 Å². The molecule has 1 aliphatic heterocycles. The number of hydrogen-bond donors (Lipinski definition) is 3. The van der Waals surface area contributed by atoms with Gasteiger partial charge >= 0.3 is 0 Å². The van der Waals surface area contributed by atoms with Crippen LogP contribution in [0.25, 0.3) is 5.69 Å². The van der Waals surface area contributed by atoms with Gasteiger partial charge in [0.25, 0.3) is 0 Å². The highest BCUT2D eigenvalue weighted by Gasteiger charge is 2.24. The molecular formula is C16H22Cl2N4O. The Hall–Kier alpha value is -1.11. The lowest BCUT2D eigenvalue weighted by molar-refractivity contribution is 0.146. The Balaban J connectivity index is 0.00000192. The van der Waals surface area contributed by atoms with Gasteiger partial charge in [0.1, 0.15) is 0 Å². The van der Waals surface area contributed by atoms with Crippen molar-refractivity contribution in [3.63, 3.8) is 0 Å². The Morgan fingerprint density at radius 1 is 1.35 bits per heavy atom. The fourth-order valence-corrected chi connectivity index (χ4v) is 2.84. The third kappa shape index (κ3) is 4.46. The summed E-state index contributed by atoms with van der Waals surface area (Å²) in [6.07, 6.45) is 1.79. The predicted molar refractivity (Wildman–Crippen MR) is 94.6 cm³/mol. The summed E-state index contributed by atoms with van der Waals surface area (Å²) in [6, 6.07) is 7.62. The molecular weight excluding hydrogens is 335 g/mol. The molecule has 1 aliphatic rings. The van der Waals surface area contributed by atoms with Gasteiger partial charge in [0, 0.05) is 48.9 Å². The minimum atomic E-state index is -0.245. The van der Waals surface area contributed by atoms with Crippen LogP contribution in [0.5, 0.6) is 0 Å². The summed E-state index contributed by atoms with van der Waals surface area (Å²) in [5, 5.41) is 21.7. The molecule has 1 aromatic carbocycles. The first-order valence-electron chi connectivity index (χ1n) is 7.54. The number of aliphatic hydroxyl groups is 1. The highest BCUT2D eigenvalue weighted by molar-refractivity contribution is 6.30. The highest BCUT2D eigenvalue weighted by atomic mass is 35.5. The number of aromatic nitrogens is 2. The average Bonchev–Trinajstić information content (AvgIpc) is 3.07. The molecule has 5 nitrogen and oxygen atoms in total. The van der Waals surface area contributed by atoms with Crippen molar-refractivity contribution in [2.45, 2.75) is 19.6 Å². The maximum atomic E-state index is 9.79. The van der Waals surface area contributed by atoms with Gasteiger partial charge in [-0.1, -0.05) is 11.6 Å². The smallest absolute Gasteiger partial charge is 0.0716 e. The summed E-state index contributed by atoms with van der Waals surface area (Å²) in [5.41, 5.74) is 3.16. The number of nitrogens with one attached hydrogen (secondary N) is 2. The molecule has 1 saturated heterocycles. The number of aliphatic hydroxyl groups excluding tert-OH is 1. The zero-order chi connectivity index (χ0) is 15.5. The average molecular weight is 357 g/mol. The molecule has 0 amide bonds. The maximum Gasteiger partial charge on any atom is 0.0716 e. The third-order valence-electron chi connectivity index (χ3n) is 4.12. The van der Waals surface area contributed by atoms with E-state index in [4.69, 9.17) is 11.6 Å². The zero-order valence-electron chi connectivity index (χ0n) is 13.0. The largest absolute Gasteiger partial charge is 0.391 e. The number of rotatable bonds is 5. The monoisotopic (exact) mass is 356 g/mol. The molecule has 2 heterocycles. The van der Waals surface area contributed by atoms with Gasteiger partial charge in [-0.05, 0) is 31.2 Å². The van der Waals surface area contributed by atoms with Crippen molar-refractivity contribution in [1.82, 2.24) is 20.4 Å². The summed E-state index contributed by atoms with van der Waals surface area (Å²) in [7, 11) is 0. The molecule has 7 heteroatoms. The van der Waals surface area contributed by atoms with Crippen molar-refractivity contribution in [1.29, 1.82) is 0 Å². The predicted octanol–water partition coefficient (Wildman–Crippen LogP) is 1.93. The van der Waals surface area contributed by atoms with Gasteiger partial charge in [0.05, 0.1) is 17.5 Å². The number of nitrogens with zero attached hydrogens (tertiary/aromatic N) is 2. The SMILES string of the molecule is Cc1nn(-c2ccc(Cl)cc2)cc1CNCC1CNCC1O.Cl. The van der Waals surface area contributed by atoms with E-state index in [1.54, 1.807) is 0 Å². The Bertz CT molecular complexity index is 630. The van der Waals surface area contributed by atoms with E-state index < -0.39 is 0 Å². The van der Waals surface area contributed by atoms with E-state index in [2.05, 4.69) is 15.7 Å². The molecule has 1 fully saturated rings. The van der Waals surface area contributed by atoms with Crippen LogP contribution in [0.15, 0.2) is 30.5 Å². The van der Waals surface area contributed by atoms with E-state index in [1.165, 1.54) is 0 Å². The summed E-state index contributed by atoms with van der Waals surface area (Å²) in [6.45, 7) is 5.13. The quantitative estimate of drug-likeness (QED) is 0.765. The Morgan fingerprint density at radius 2 is 2.09 bits per heavy atom. The zero-order valence-corrected chi connectivity index (χ0v) is 14.6. The van der Waals surface area contributed by atoms with E-state index in [-0.39, 0.29) is 24.4 Å². The fourth-order valence-electron chi connectivity index (χ4n) is 2.72. The first-order chi connectivity index (χ1) is 10.6. The van der Waals surface area contributed by atoms with Gasteiger partial charge in [-0.15, -0.1) is 12.4 Å². The molecule has 3 rings (SSSR count). The van der Waals surface area contributed by atoms with Crippen molar-refractivity contribution in [2.24, 2.45) is 5.92 Å². The van der Waals surface area contributed by atoms with Crippen LogP contribution in [-0.2, 0) is 6.54 Å². The molecule has 0 radical (unpaired) electrons. The normalized spacial score (nSPS) is 20.5. The van der Waals surface area contributed by atoms with Crippen molar-refractivity contribution >= 4 is 24.0 Å². The number of β-amino-alcohol motifs (C(OH)–C–C–N with tert-alkyl or cyclic N) is 1. The number of hydrogen-bond acceptors (Lipinski definition) is 4. The molecule has 2 atom stereocenters. The summed E-state index contributed by atoms with van der Waals surface area (Å²) in [5.74, 6) is 0.284. The summed E-state index contributed by atoms with van der Waals surface area (Å²) >= 11 is 5.91. The van der Waals surface area contributed by atoms with Crippen molar-refractivity contribution in [2.75, 3.05) is 19.6 Å². The van der Waals surface area contributed by atoms with E-state index >= 15 is 0 Å². The lowest BCUT2D eigenvalue weighted by Crippen LogP contribution is -2.30. The van der Waals surface area contributed by atoms with Crippen LogP contribution >= 0.6 is 24.0 Å². The molecule has 23 heavy (non-hydrogen) atoms. The van der Waals surface area contributed by atoms with E-state index in [0.29, 0.717) is 6.54 Å². The van der Waals surface area contributed by atoms with Crippen LogP contribution in [0, 0.1) is 12.8 Å².